The highest BCUT2D eigenvalue weighted by Crippen LogP contribution is 2.30. The summed E-state index contributed by atoms with van der Waals surface area (Å²) in [5.41, 5.74) is 17.7. The van der Waals surface area contributed by atoms with Gasteiger partial charge < -0.3 is 21.1 Å². The zero-order valence-corrected chi connectivity index (χ0v) is 19.5. The van der Waals surface area contributed by atoms with Gasteiger partial charge in [-0.05, 0) is 35.4 Å². The van der Waals surface area contributed by atoms with E-state index in [9.17, 15) is 0 Å². The molecule has 9 nitrogen and oxygen atoms in total. The van der Waals surface area contributed by atoms with Gasteiger partial charge in [-0.1, -0.05) is 29.8 Å². The number of morpholine rings is 1. The molecule has 4 aromatic rings. The molecule has 2 aromatic heterocycles. The van der Waals surface area contributed by atoms with E-state index in [1.54, 1.807) is 0 Å². The second kappa shape index (κ2) is 8.68. The van der Waals surface area contributed by atoms with Crippen LogP contribution in [0.25, 0.3) is 27.7 Å². The Bertz CT molecular complexity index is 1490. The molecular formula is C25H23ClN8O. The van der Waals surface area contributed by atoms with Crippen molar-refractivity contribution in [1.82, 2.24) is 20.2 Å². The van der Waals surface area contributed by atoms with E-state index < -0.39 is 0 Å². The summed E-state index contributed by atoms with van der Waals surface area (Å²) >= 11 is 6.17. The van der Waals surface area contributed by atoms with Crippen LogP contribution in [-0.4, -0.2) is 51.7 Å². The van der Waals surface area contributed by atoms with E-state index in [2.05, 4.69) is 30.1 Å². The fraction of sp³-hybridized carbons (Fsp3) is 0.200. The first-order valence-electron chi connectivity index (χ1n) is 11.3. The highest BCUT2D eigenvalue weighted by molar-refractivity contribution is 6.30. The molecule has 0 saturated carbocycles. The lowest BCUT2D eigenvalue weighted by atomic mass is 10.00. The summed E-state index contributed by atoms with van der Waals surface area (Å²) < 4.78 is 6.09. The number of hydrogen-bond donors (Lipinski definition) is 3. The van der Waals surface area contributed by atoms with Crippen LogP contribution in [0.2, 0.25) is 5.02 Å². The maximum absolute atomic E-state index is 6.17. The third-order valence-corrected chi connectivity index (χ3v) is 6.57. The molecule has 0 spiro atoms. The fourth-order valence-corrected chi connectivity index (χ4v) is 4.72. The number of aromatic amines is 1. The summed E-state index contributed by atoms with van der Waals surface area (Å²) in [7, 11) is 0. The van der Waals surface area contributed by atoms with Crippen molar-refractivity contribution in [2.45, 2.75) is 12.5 Å². The molecule has 6 rings (SSSR count). The molecule has 10 heteroatoms. The van der Waals surface area contributed by atoms with E-state index in [1.165, 1.54) is 0 Å². The number of halogens is 1. The molecule has 2 aromatic carbocycles. The van der Waals surface area contributed by atoms with E-state index in [1.807, 2.05) is 54.7 Å². The van der Waals surface area contributed by atoms with Crippen molar-refractivity contribution in [3.05, 3.63) is 65.3 Å². The quantitative estimate of drug-likeness (QED) is 0.398. The summed E-state index contributed by atoms with van der Waals surface area (Å²) in [6.07, 6.45) is 2.49. The lowest BCUT2D eigenvalue weighted by Crippen LogP contribution is -2.46. The zero-order valence-electron chi connectivity index (χ0n) is 18.8. The second-order valence-corrected chi connectivity index (χ2v) is 9.04. The van der Waals surface area contributed by atoms with Gasteiger partial charge in [-0.3, -0.25) is 10.1 Å². The van der Waals surface area contributed by atoms with Gasteiger partial charge in [0.2, 0.25) is 5.95 Å². The molecular weight excluding hydrogens is 464 g/mol. The van der Waals surface area contributed by atoms with Gasteiger partial charge in [-0.25, -0.2) is 4.98 Å². The summed E-state index contributed by atoms with van der Waals surface area (Å²) in [4.78, 5) is 15.8. The first kappa shape index (κ1) is 21.6. The Labute approximate surface area is 206 Å². The van der Waals surface area contributed by atoms with E-state index in [-0.39, 0.29) is 12.1 Å². The van der Waals surface area contributed by atoms with Crippen LogP contribution in [0, 0.1) is 0 Å². The highest BCUT2D eigenvalue weighted by atomic mass is 35.5. The van der Waals surface area contributed by atoms with Crippen LogP contribution in [0.3, 0.4) is 0 Å². The second-order valence-electron chi connectivity index (χ2n) is 8.61. The number of allylic oxidation sites excluding steroid dienone is 1. The number of nitrogens with two attached hydrogens (primary N) is 2. The smallest absolute Gasteiger partial charge is 0.222 e. The maximum atomic E-state index is 6.17. The monoisotopic (exact) mass is 486 g/mol. The SMILES string of the molecule is Nc1nc(-c2ccc3c(N)n[nH]c3c2)cc(N2CCOC(C3=NC=C(c4cccc(Cl)c4)C3)C2)n1. The fourth-order valence-electron chi connectivity index (χ4n) is 4.53. The molecule has 1 unspecified atom stereocenters. The molecule has 5 N–H and O–H groups in total. The maximum Gasteiger partial charge on any atom is 0.222 e. The van der Waals surface area contributed by atoms with Gasteiger partial charge in [0.15, 0.2) is 5.82 Å². The number of nitrogens with one attached hydrogen (secondary N) is 1. The van der Waals surface area contributed by atoms with Crippen molar-refractivity contribution in [1.29, 1.82) is 0 Å². The number of H-pyrrole nitrogens is 1. The largest absolute Gasteiger partial charge is 0.382 e. The number of nitrogens with zero attached hydrogens (tertiary/aromatic N) is 5. The number of aliphatic imine (C=N–C) groups is 1. The van der Waals surface area contributed by atoms with Crippen LogP contribution in [-0.2, 0) is 4.74 Å². The molecule has 2 aliphatic rings. The topological polar surface area (TPSA) is 131 Å². The Morgan fingerprint density at radius 2 is 1.97 bits per heavy atom. The number of fused-ring (bicyclic) bond motifs is 1. The van der Waals surface area contributed by atoms with Gasteiger partial charge in [0.05, 0.1) is 30.1 Å². The van der Waals surface area contributed by atoms with Gasteiger partial charge in [0, 0.05) is 41.2 Å². The Morgan fingerprint density at radius 1 is 1.06 bits per heavy atom. The van der Waals surface area contributed by atoms with Crippen molar-refractivity contribution in [2.24, 2.45) is 4.99 Å². The lowest BCUT2D eigenvalue weighted by Gasteiger charge is -2.34. The van der Waals surface area contributed by atoms with Gasteiger partial charge in [0.1, 0.15) is 11.9 Å². The predicted molar refractivity (Wildman–Crippen MR) is 139 cm³/mol. The van der Waals surface area contributed by atoms with Gasteiger partial charge in [0.25, 0.3) is 0 Å². The molecule has 4 heterocycles. The molecule has 0 radical (unpaired) electrons. The molecule has 1 fully saturated rings. The molecule has 35 heavy (non-hydrogen) atoms. The summed E-state index contributed by atoms with van der Waals surface area (Å²) in [5, 5.41) is 8.59. The number of ether oxygens (including phenoxy) is 1. The van der Waals surface area contributed by atoms with Crippen molar-refractivity contribution >= 4 is 51.4 Å². The average molecular weight is 487 g/mol. The van der Waals surface area contributed by atoms with Crippen LogP contribution in [0.5, 0.6) is 0 Å². The highest BCUT2D eigenvalue weighted by Gasteiger charge is 2.28. The van der Waals surface area contributed by atoms with Gasteiger partial charge in [-0.15, -0.1) is 0 Å². The number of rotatable bonds is 4. The average Bonchev–Trinajstić information content (AvgIpc) is 3.51. The zero-order chi connectivity index (χ0) is 23.9. The summed E-state index contributed by atoms with van der Waals surface area (Å²) in [5.74, 6) is 1.44. The van der Waals surface area contributed by atoms with Crippen LogP contribution >= 0.6 is 11.6 Å². The van der Waals surface area contributed by atoms with Crippen molar-refractivity contribution < 1.29 is 4.74 Å². The van der Waals surface area contributed by atoms with Crippen LogP contribution < -0.4 is 16.4 Å². The Hall–Kier alpha value is -3.95. The minimum Gasteiger partial charge on any atom is -0.382 e. The minimum absolute atomic E-state index is 0.138. The molecule has 176 valence electrons. The molecule has 0 aliphatic carbocycles. The first-order chi connectivity index (χ1) is 17.0. The van der Waals surface area contributed by atoms with E-state index >= 15 is 0 Å². The van der Waals surface area contributed by atoms with Crippen molar-refractivity contribution in [2.75, 3.05) is 36.1 Å². The molecule has 1 atom stereocenters. The van der Waals surface area contributed by atoms with Crippen LogP contribution in [0.1, 0.15) is 12.0 Å². The lowest BCUT2D eigenvalue weighted by molar-refractivity contribution is 0.0829. The number of nitrogen functional groups attached to an aromatic ring is 2. The molecule has 1 saturated heterocycles. The van der Waals surface area contributed by atoms with Crippen molar-refractivity contribution in [3.63, 3.8) is 0 Å². The van der Waals surface area contributed by atoms with Gasteiger partial charge in [-0.2, -0.15) is 10.1 Å². The Morgan fingerprint density at radius 3 is 2.86 bits per heavy atom. The number of aromatic nitrogens is 4. The van der Waals surface area contributed by atoms with E-state index in [0.29, 0.717) is 30.5 Å². The molecule has 0 amide bonds. The number of hydrogen-bond acceptors (Lipinski definition) is 8. The number of benzene rings is 2. The van der Waals surface area contributed by atoms with Crippen molar-refractivity contribution in [3.8, 4) is 11.3 Å². The summed E-state index contributed by atoms with van der Waals surface area (Å²) in [6.45, 7) is 1.89. The third kappa shape index (κ3) is 4.20. The third-order valence-electron chi connectivity index (χ3n) is 6.33. The van der Waals surface area contributed by atoms with Gasteiger partial charge >= 0.3 is 0 Å². The number of anilines is 3. The predicted octanol–water partition coefficient (Wildman–Crippen LogP) is 3.93. The minimum atomic E-state index is -0.138. The Balaban J connectivity index is 1.21. The van der Waals surface area contributed by atoms with E-state index in [4.69, 9.17) is 27.8 Å². The standard InChI is InChI=1S/C25H23ClN8O/c26-17-3-1-2-14(8-17)16-10-21(29-12-16)22-13-34(6-7-35-22)23-11-19(30-25(28)31-23)15-4-5-18-20(9-15)32-33-24(18)27/h1-5,8-9,11-12,22H,6-7,10,13H2,(H3,27,32,33)(H2,28,30,31). The Kier molecular flexibility index (Phi) is 5.35. The van der Waals surface area contributed by atoms with Crippen LogP contribution in [0.4, 0.5) is 17.6 Å². The molecule has 0 bridgehead atoms. The first-order valence-corrected chi connectivity index (χ1v) is 11.7. The van der Waals surface area contributed by atoms with Crippen LogP contribution in [0.15, 0.2) is 59.7 Å². The normalized spacial score (nSPS) is 18.1. The summed E-state index contributed by atoms with van der Waals surface area (Å²) in [6, 6.07) is 15.6. The molecule has 2 aliphatic heterocycles. The van der Waals surface area contributed by atoms with E-state index in [0.717, 1.165) is 51.2 Å².